The number of benzene rings is 2. The van der Waals surface area contributed by atoms with Crippen molar-refractivity contribution in [1.82, 2.24) is 14.5 Å². The van der Waals surface area contributed by atoms with Crippen LogP contribution in [-0.4, -0.2) is 46.5 Å². The van der Waals surface area contributed by atoms with E-state index < -0.39 is 11.4 Å². The highest BCUT2D eigenvalue weighted by atomic mass is 19.1. The first-order valence-corrected chi connectivity index (χ1v) is 9.61. The Morgan fingerprint density at radius 2 is 1.60 bits per heavy atom. The van der Waals surface area contributed by atoms with Gasteiger partial charge in [-0.3, -0.25) is 14.2 Å². The minimum atomic E-state index is -0.467. The quantitative estimate of drug-likeness (QED) is 0.663. The van der Waals surface area contributed by atoms with E-state index in [9.17, 15) is 18.4 Å². The Bertz CT molecular complexity index is 1120. The van der Waals surface area contributed by atoms with Gasteiger partial charge in [0, 0.05) is 37.8 Å². The first kappa shape index (κ1) is 19.8. The third-order valence-electron chi connectivity index (χ3n) is 5.16. The Morgan fingerprint density at radius 3 is 2.27 bits per heavy atom. The largest absolute Gasteiger partial charge is 0.366 e. The normalized spacial score (nSPS) is 14.1. The molecule has 0 radical (unpaired) electrons. The average molecular weight is 410 g/mol. The Kier molecular flexibility index (Phi) is 5.56. The average Bonchev–Trinajstić information content (AvgIpc) is 2.76. The smallest absolute Gasteiger partial charge is 0.254 e. The van der Waals surface area contributed by atoms with Crippen LogP contribution in [0.3, 0.4) is 0 Å². The van der Waals surface area contributed by atoms with Crippen molar-refractivity contribution >= 4 is 11.6 Å². The molecule has 0 spiro atoms. The predicted octanol–water partition coefficient (Wildman–Crippen LogP) is 2.54. The SMILES string of the molecule is O=C(Cn1cnc(-c2ccccc2F)cc1=O)N1CCN(c2ccccc2F)CC1. The van der Waals surface area contributed by atoms with E-state index in [2.05, 4.69) is 4.98 Å². The predicted molar refractivity (Wildman–Crippen MR) is 109 cm³/mol. The molecule has 6 nitrogen and oxygen atoms in total. The molecule has 0 aliphatic carbocycles. The van der Waals surface area contributed by atoms with Crippen molar-refractivity contribution in [2.24, 2.45) is 0 Å². The van der Waals surface area contributed by atoms with Crippen LogP contribution in [0.25, 0.3) is 11.3 Å². The zero-order chi connectivity index (χ0) is 21.1. The van der Waals surface area contributed by atoms with Gasteiger partial charge in [-0.1, -0.05) is 24.3 Å². The molecule has 3 aromatic rings. The molecule has 0 saturated carbocycles. The molecule has 1 saturated heterocycles. The maximum atomic E-state index is 14.0. The topological polar surface area (TPSA) is 58.4 Å². The summed E-state index contributed by atoms with van der Waals surface area (Å²) in [5, 5.41) is 0. The van der Waals surface area contributed by atoms with Crippen molar-refractivity contribution in [3.8, 4) is 11.3 Å². The van der Waals surface area contributed by atoms with Gasteiger partial charge >= 0.3 is 0 Å². The zero-order valence-corrected chi connectivity index (χ0v) is 16.2. The van der Waals surface area contributed by atoms with E-state index in [1.807, 2.05) is 4.90 Å². The number of hydrogen-bond donors (Lipinski definition) is 0. The highest BCUT2D eigenvalue weighted by Gasteiger charge is 2.23. The van der Waals surface area contributed by atoms with Gasteiger partial charge in [0.05, 0.1) is 17.7 Å². The van der Waals surface area contributed by atoms with Crippen LogP contribution in [0.15, 0.2) is 65.7 Å². The highest BCUT2D eigenvalue weighted by Crippen LogP contribution is 2.20. The van der Waals surface area contributed by atoms with Crippen LogP contribution in [-0.2, 0) is 11.3 Å². The standard InChI is InChI=1S/C22H20F2N4O2/c23-17-6-2-1-5-16(17)19-13-21(29)28(15-25-19)14-22(30)27-11-9-26(10-12-27)20-8-4-3-7-18(20)24/h1-8,13,15H,9-12,14H2. The number of hydrogen-bond acceptors (Lipinski definition) is 4. The van der Waals surface area contributed by atoms with E-state index in [4.69, 9.17) is 0 Å². The molecule has 30 heavy (non-hydrogen) atoms. The molecule has 2 heterocycles. The van der Waals surface area contributed by atoms with Crippen LogP contribution >= 0.6 is 0 Å². The third kappa shape index (κ3) is 4.07. The van der Waals surface area contributed by atoms with E-state index in [-0.39, 0.29) is 29.5 Å². The summed E-state index contributed by atoms with van der Waals surface area (Å²) < 4.78 is 29.1. The lowest BCUT2D eigenvalue weighted by atomic mass is 10.1. The van der Waals surface area contributed by atoms with Gasteiger partial charge in [0.2, 0.25) is 5.91 Å². The molecule has 0 atom stereocenters. The molecule has 0 bridgehead atoms. The maximum absolute atomic E-state index is 14.0. The lowest BCUT2D eigenvalue weighted by molar-refractivity contribution is -0.132. The zero-order valence-electron chi connectivity index (χ0n) is 16.2. The minimum absolute atomic E-state index is 0.150. The van der Waals surface area contributed by atoms with Gasteiger partial charge in [-0.2, -0.15) is 0 Å². The summed E-state index contributed by atoms with van der Waals surface area (Å²) in [4.78, 5) is 32.7. The molecule has 1 amide bonds. The van der Waals surface area contributed by atoms with E-state index in [0.717, 1.165) is 0 Å². The molecule has 154 valence electrons. The fourth-order valence-electron chi connectivity index (χ4n) is 3.51. The number of para-hydroxylation sites is 1. The van der Waals surface area contributed by atoms with E-state index >= 15 is 0 Å². The van der Waals surface area contributed by atoms with Crippen molar-refractivity contribution in [2.45, 2.75) is 6.54 Å². The number of rotatable bonds is 4. The van der Waals surface area contributed by atoms with Gasteiger partial charge in [0.25, 0.3) is 5.56 Å². The summed E-state index contributed by atoms with van der Waals surface area (Å²) >= 11 is 0. The molecule has 0 unspecified atom stereocenters. The van der Waals surface area contributed by atoms with Crippen LogP contribution in [0, 0.1) is 11.6 Å². The van der Waals surface area contributed by atoms with Gasteiger partial charge in [-0.15, -0.1) is 0 Å². The number of piperazine rings is 1. The van der Waals surface area contributed by atoms with E-state index in [1.54, 1.807) is 41.3 Å². The summed E-state index contributed by atoms with van der Waals surface area (Å²) in [6.07, 6.45) is 1.26. The fourth-order valence-corrected chi connectivity index (χ4v) is 3.51. The van der Waals surface area contributed by atoms with Crippen LogP contribution in [0.5, 0.6) is 0 Å². The molecule has 1 aliphatic rings. The molecule has 4 rings (SSSR count). The second kappa shape index (κ2) is 8.44. The Labute approximate surface area is 172 Å². The molecule has 1 aliphatic heterocycles. The number of aromatic nitrogens is 2. The number of anilines is 1. The Hall–Kier alpha value is -3.55. The second-order valence-corrected chi connectivity index (χ2v) is 7.04. The lowest BCUT2D eigenvalue weighted by Gasteiger charge is -2.36. The lowest BCUT2D eigenvalue weighted by Crippen LogP contribution is -2.50. The van der Waals surface area contributed by atoms with Crippen molar-refractivity contribution in [1.29, 1.82) is 0 Å². The monoisotopic (exact) mass is 410 g/mol. The Morgan fingerprint density at radius 1 is 0.933 bits per heavy atom. The summed E-state index contributed by atoms with van der Waals surface area (Å²) in [6, 6.07) is 13.8. The van der Waals surface area contributed by atoms with Gasteiger partial charge in [-0.05, 0) is 24.3 Å². The number of amides is 1. The summed E-state index contributed by atoms with van der Waals surface area (Å²) in [5.41, 5.74) is 0.549. The minimum Gasteiger partial charge on any atom is -0.366 e. The number of halogens is 2. The molecule has 2 aromatic carbocycles. The van der Waals surface area contributed by atoms with Gasteiger partial charge in [0.15, 0.2) is 0 Å². The number of nitrogens with zero attached hydrogens (tertiary/aromatic N) is 4. The first-order chi connectivity index (χ1) is 14.5. The van der Waals surface area contributed by atoms with Crippen molar-refractivity contribution in [2.75, 3.05) is 31.1 Å². The van der Waals surface area contributed by atoms with E-state index in [1.165, 1.54) is 29.1 Å². The van der Waals surface area contributed by atoms with Crippen LogP contribution < -0.4 is 10.5 Å². The molecule has 0 N–H and O–H groups in total. The maximum Gasteiger partial charge on any atom is 0.254 e. The highest BCUT2D eigenvalue weighted by molar-refractivity contribution is 5.76. The fraction of sp³-hybridized carbons (Fsp3) is 0.227. The summed E-state index contributed by atoms with van der Waals surface area (Å²) in [6.45, 7) is 1.73. The first-order valence-electron chi connectivity index (χ1n) is 9.61. The Balaban J connectivity index is 1.41. The van der Waals surface area contributed by atoms with Crippen molar-refractivity contribution < 1.29 is 13.6 Å². The summed E-state index contributed by atoms with van der Waals surface area (Å²) in [7, 11) is 0. The molecule has 1 fully saturated rings. The van der Waals surface area contributed by atoms with Crippen LogP contribution in [0.1, 0.15) is 0 Å². The number of carbonyl (C=O) groups excluding carboxylic acids is 1. The van der Waals surface area contributed by atoms with Crippen LogP contribution in [0.4, 0.5) is 14.5 Å². The van der Waals surface area contributed by atoms with Gasteiger partial charge < -0.3 is 9.80 Å². The second-order valence-electron chi connectivity index (χ2n) is 7.04. The van der Waals surface area contributed by atoms with Crippen molar-refractivity contribution in [3.63, 3.8) is 0 Å². The van der Waals surface area contributed by atoms with Crippen molar-refractivity contribution in [3.05, 3.63) is 82.9 Å². The van der Waals surface area contributed by atoms with Gasteiger partial charge in [-0.25, -0.2) is 13.8 Å². The van der Waals surface area contributed by atoms with Crippen LogP contribution in [0.2, 0.25) is 0 Å². The number of carbonyl (C=O) groups is 1. The molecule has 8 heteroatoms. The summed E-state index contributed by atoms with van der Waals surface area (Å²) in [5.74, 6) is -0.971. The third-order valence-corrected chi connectivity index (χ3v) is 5.16. The van der Waals surface area contributed by atoms with E-state index in [0.29, 0.717) is 31.9 Å². The molecular weight excluding hydrogens is 390 g/mol. The molecule has 1 aromatic heterocycles. The molecular formula is C22H20F2N4O2. The van der Waals surface area contributed by atoms with Gasteiger partial charge in [0.1, 0.15) is 18.2 Å².